The van der Waals surface area contributed by atoms with Crippen molar-refractivity contribution >= 4 is 18.1 Å². The molecular formula is C16H28N2O5. The number of methoxy groups -OCH3 is 1. The average molecular weight is 328 g/mol. The van der Waals surface area contributed by atoms with Crippen LogP contribution in [0.25, 0.3) is 0 Å². The summed E-state index contributed by atoms with van der Waals surface area (Å²) >= 11 is 0. The van der Waals surface area contributed by atoms with Crippen molar-refractivity contribution in [2.45, 2.75) is 53.1 Å². The summed E-state index contributed by atoms with van der Waals surface area (Å²) < 4.78 is 9.70. The molecular weight excluding hydrogens is 300 g/mol. The smallest absolute Gasteiger partial charge is 0.416 e. The van der Waals surface area contributed by atoms with Crippen molar-refractivity contribution in [1.82, 2.24) is 10.2 Å². The zero-order valence-electron chi connectivity index (χ0n) is 14.8. The Hall–Kier alpha value is -1.79. The van der Waals surface area contributed by atoms with Crippen LogP contribution in [0.4, 0.5) is 9.59 Å². The second-order valence-corrected chi connectivity index (χ2v) is 6.52. The fourth-order valence-corrected chi connectivity index (χ4v) is 2.87. The number of hydrogen-bond acceptors (Lipinski definition) is 5. The molecule has 7 nitrogen and oxygen atoms in total. The molecule has 0 aromatic heterocycles. The Labute approximate surface area is 137 Å². The van der Waals surface area contributed by atoms with Gasteiger partial charge in [0.25, 0.3) is 0 Å². The van der Waals surface area contributed by atoms with Gasteiger partial charge in [-0.05, 0) is 18.3 Å². The van der Waals surface area contributed by atoms with Crippen molar-refractivity contribution < 1.29 is 23.9 Å². The summed E-state index contributed by atoms with van der Waals surface area (Å²) in [7, 11) is 1.28. The van der Waals surface area contributed by atoms with Gasteiger partial charge in [0.1, 0.15) is 6.61 Å². The van der Waals surface area contributed by atoms with Gasteiger partial charge in [0.2, 0.25) is 5.91 Å². The first-order valence-electron chi connectivity index (χ1n) is 8.08. The van der Waals surface area contributed by atoms with E-state index in [1.165, 1.54) is 12.0 Å². The minimum Gasteiger partial charge on any atom is -0.453 e. The molecule has 7 heteroatoms. The molecule has 23 heavy (non-hydrogen) atoms. The molecule has 1 saturated heterocycles. The second-order valence-electron chi connectivity index (χ2n) is 6.52. The normalized spacial score (nSPS) is 20.4. The summed E-state index contributed by atoms with van der Waals surface area (Å²) in [5, 5.41) is 2.72. The third-order valence-corrected chi connectivity index (χ3v) is 4.29. The van der Waals surface area contributed by atoms with Crippen LogP contribution in [0.5, 0.6) is 0 Å². The molecule has 1 rings (SSSR count). The van der Waals surface area contributed by atoms with E-state index in [4.69, 9.17) is 4.74 Å². The lowest BCUT2D eigenvalue weighted by Gasteiger charge is -2.32. The largest absolute Gasteiger partial charge is 0.453 e. The van der Waals surface area contributed by atoms with Gasteiger partial charge in [-0.15, -0.1) is 0 Å². The summed E-state index contributed by atoms with van der Waals surface area (Å²) in [4.78, 5) is 37.7. The molecule has 0 aliphatic carbocycles. The first-order chi connectivity index (χ1) is 10.7. The van der Waals surface area contributed by atoms with Gasteiger partial charge in [-0.25, -0.2) is 14.5 Å². The molecule has 0 radical (unpaired) electrons. The van der Waals surface area contributed by atoms with Crippen LogP contribution >= 0.6 is 0 Å². The number of imide groups is 1. The third-order valence-electron chi connectivity index (χ3n) is 4.29. The lowest BCUT2D eigenvalue weighted by atomic mass is 9.86. The molecule has 0 spiro atoms. The van der Waals surface area contributed by atoms with Crippen molar-refractivity contribution in [3.8, 4) is 0 Å². The van der Waals surface area contributed by atoms with E-state index in [9.17, 15) is 14.4 Å². The quantitative estimate of drug-likeness (QED) is 0.809. The van der Waals surface area contributed by atoms with Gasteiger partial charge in [0, 0.05) is 6.04 Å². The average Bonchev–Trinajstić information content (AvgIpc) is 2.88. The maximum absolute atomic E-state index is 13.0. The van der Waals surface area contributed by atoms with Gasteiger partial charge in [0.05, 0.1) is 19.1 Å². The highest BCUT2D eigenvalue weighted by Gasteiger charge is 2.44. The highest BCUT2D eigenvalue weighted by molar-refractivity contribution is 5.95. The first-order valence-corrected chi connectivity index (χ1v) is 8.08. The number of cyclic esters (lactones) is 1. The molecule has 1 aliphatic rings. The summed E-state index contributed by atoms with van der Waals surface area (Å²) in [6, 6.07) is -0.684. The molecule has 1 aliphatic heterocycles. The van der Waals surface area contributed by atoms with Gasteiger partial charge < -0.3 is 14.8 Å². The minimum atomic E-state index is -0.604. The molecule has 0 aromatic rings. The van der Waals surface area contributed by atoms with Gasteiger partial charge in [-0.1, -0.05) is 34.6 Å². The van der Waals surface area contributed by atoms with E-state index in [2.05, 4.69) is 10.1 Å². The van der Waals surface area contributed by atoms with Crippen LogP contribution in [-0.4, -0.2) is 48.8 Å². The first kappa shape index (κ1) is 19.3. The van der Waals surface area contributed by atoms with Gasteiger partial charge in [-0.3, -0.25) is 4.79 Å². The fourth-order valence-electron chi connectivity index (χ4n) is 2.87. The van der Waals surface area contributed by atoms with Crippen LogP contribution in [0.3, 0.4) is 0 Å². The standard InChI is InChI=1S/C16H28N2O5/c1-7-11(13(10(4)5)17-15(20)22-6)14(19)18-12(9(2)3)8-23-16(18)21/h9-13H,7-8H2,1-6H3,(H,17,20)/t11-,12-,13-/m1/s1. The van der Waals surface area contributed by atoms with Crippen LogP contribution in [0.2, 0.25) is 0 Å². The monoisotopic (exact) mass is 328 g/mol. The van der Waals surface area contributed by atoms with Gasteiger partial charge >= 0.3 is 12.2 Å². The van der Waals surface area contributed by atoms with Crippen LogP contribution in [0.1, 0.15) is 41.0 Å². The van der Waals surface area contributed by atoms with E-state index >= 15 is 0 Å². The Morgan fingerprint density at radius 2 is 1.96 bits per heavy atom. The molecule has 0 bridgehead atoms. The van der Waals surface area contributed by atoms with E-state index in [1.54, 1.807) is 0 Å². The van der Waals surface area contributed by atoms with Crippen LogP contribution in [0.15, 0.2) is 0 Å². The van der Waals surface area contributed by atoms with E-state index < -0.39 is 24.1 Å². The molecule has 0 aromatic carbocycles. The number of alkyl carbamates (subject to hydrolysis) is 1. The molecule has 132 valence electrons. The second kappa shape index (κ2) is 8.17. The third kappa shape index (κ3) is 4.36. The predicted octanol–water partition coefficient (Wildman–Crippen LogP) is 2.40. The Kier molecular flexibility index (Phi) is 6.84. The molecule has 3 atom stereocenters. The maximum Gasteiger partial charge on any atom is 0.416 e. The highest BCUT2D eigenvalue weighted by Crippen LogP contribution is 2.26. The lowest BCUT2D eigenvalue weighted by Crippen LogP contribution is -2.53. The summed E-state index contributed by atoms with van der Waals surface area (Å²) in [6.07, 6.45) is -0.688. The zero-order chi connectivity index (χ0) is 17.7. The van der Waals surface area contributed by atoms with E-state index in [1.807, 2.05) is 34.6 Å². The van der Waals surface area contributed by atoms with Gasteiger partial charge in [-0.2, -0.15) is 0 Å². The molecule has 1 heterocycles. The molecule has 1 N–H and O–H groups in total. The van der Waals surface area contributed by atoms with Crippen molar-refractivity contribution in [1.29, 1.82) is 0 Å². The predicted molar refractivity (Wildman–Crippen MR) is 84.8 cm³/mol. The number of rotatable bonds is 6. The molecule has 0 unspecified atom stereocenters. The Morgan fingerprint density at radius 1 is 1.35 bits per heavy atom. The highest BCUT2D eigenvalue weighted by atomic mass is 16.6. The number of carbonyl (C=O) groups excluding carboxylic acids is 3. The SMILES string of the molecule is CC[C@@H](C(=O)N1C(=O)OC[C@@H]1C(C)C)[C@H](NC(=O)OC)C(C)C. The van der Waals surface area contributed by atoms with Crippen LogP contribution in [-0.2, 0) is 14.3 Å². The number of nitrogens with zero attached hydrogens (tertiary/aromatic N) is 1. The summed E-state index contributed by atoms with van der Waals surface area (Å²) in [5.74, 6) is -0.696. The summed E-state index contributed by atoms with van der Waals surface area (Å²) in [6.45, 7) is 9.80. The van der Waals surface area contributed by atoms with Crippen molar-refractivity contribution in [2.24, 2.45) is 17.8 Å². The van der Waals surface area contributed by atoms with Crippen molar-refractivity contribution in [3.05, 3.63) is 0 Å². The zero-order valence-corrected chi connectivity index (χ0v) is 14.8. The number of hydrogen-bond donors (Lipinski definition) is 1. The van der Waals surface area contributed by atoms with E-state index in [-0.39, 0.29) is 30.4 Å². The van der Waals surface area contributed by atoms with Gasteiger partial charge in [0.15, 0.2) is 0 Å². The lowest BCUT2D eigenvalue weighted by molar-refractivity contribution is -0.135. The molecule has 3 amide bonds. The molecule has 1 fully saturated rings. The Balaban J connectivity index is 3.03. The minimum absolute atomic E-state index is 0.0131. The number of ether oxygens (including phenoxy) is 2. The number of amides is 3. The molecule has 0 saturated carbocycles. The number of nitrogens with one attached hydrogen (secondary N) is 1. The van der Waals surface area contributed by atoms with Crippen LogP contribution < -0.4 is 5.32 Å². The fraction of sp³-hybridized carbons (Fsp3) is 0.812. The van der Waals surface area contributed by atoms with E-state index in [0.29, 0.717) is 6.42 Å². The Bertz CT molecular complexity index is 450. The van der Waals surface area contributed by atoms with Crippen LogP contribution in [0, 0.1) is 17.8 Å². The van der Waals surface area contributed by atoms with Crippen molar-refractivity contribution in [2.75, 3.05) is 13.7 Å². The topological polar surface area (TPSA) is 84.9 Å². The van der Waals surface area contributed by atoms with Crippen molar-refractivity contribution in [3.63, 3.8) is 0 Å². The van der Waals surface area contributed by atoms with E-state index in [0.717, 1.165) is 0 Å². The summed E-state index contributed by atoms with van der Waals surface area (Å²) in [5.41, 5.74) is 0. The number of carbonyl (C=O) groups is 3. The Morgan fingerprint density at radius 3 is 2.39 bits per heavy atom. The maximum atomic E-state index is 13.0.